The molecule has 1 aliphatic rings. The van der Waals surface area contributed by atoms with Crippen molar-refractivity contribution in [3.05, 3.63) is 76.2 Å². The van der Waals surface area contributed by atoms with E-state index in [2.05, 4.69) is 16.9 Å². The van der Waals surface area contributed by atoms with Crippen molar-refractivity contribution < 1.29 is 13.2 Å². The third-order valence-electron chi connectivity index (χ3n) is 5.13. The van der Waals surface area contributed by atoms with Crippen molar-refractivity contribution >= 4 is 33.7 Å². The summed E-state index contributed by atoms with van der Waals surface area (Å²) in [5.41, 5.74) is 2.01. The zero-order valence-electron chi connectivity index (χ0n) is 16.1. The standard InChI is InChI=1S/C22H25ClN2O3S/c23-21-10-8-19(9-11-21)14-17-29(27,28)24-22(26)25-15-12-20(13-16-25)7-6-18-4-2-1-3-5-18/h1-5,8-11,14,17,20H,6-7,12-13,15-16H2,(H,24,26)/b17-14+. The summed E-state index contributed by atoms with van der Waals surface area (Å²) in [7, 11) is -3.85. The van der Waals surface area contributed by atoms with Gasteiger partial charge in [-0.2, -0.15) is 0 Å². The molecular formula is C22H25ClN2O3S. The molecule has 0 bridgehead atoms. The second kappa shape index (κ2) is 9.94. The average molecular weight is 433 g/mol. The number of halogens is 1. The summed E-state index contributed by atoms with van der Waals surface area (Å²) in [6, 6.07) is 16.6. The Kier molecular flexibility index (Phi) is 7.34. The van der Waals surface area contributed by atoms with Gasteiger partial charge in [-0.15, -0.1) is 0 Å². The molecule has 0 atom stereocenters. The molecule has 29 heavy (non-hydrogen) atoms. The number of piperidine rings is 1. The molecule has 2 aromatic carbocycles. The lowest BCUT2D eigenvalue weighted by Gasteiger charge is -2.31. The molecule has 0 aliphatic carbocycles. The fourth-order valence-electron chi connectivity index (χ4n) is 3.40. The third-order valence-corrected chi connectivity index (χ3v) is 6.33. The van der Waals surface area contributed by atoms with Crippen molar-refractivity contribution in [2.24, 2.45) is 5.92 Å². The van der Waals surface area contributed by atoms with Crippen LogP contribution in [0.2, 0.25) is 5.02 Å². The molecule has 154 valence electrons. The molecule has 0 unspecified atom stereocenters. The van der Waals surface area contributed by atoms with Gasteiger partial charge < -0.3 is 4.90 Å². The summed E-state index contributed by atoms with van der Waals surface area (Å²) in [4.78, 5) is 13.9. The molecule has 0 aromatic heterocycles. The van der Waals surface area contributed by atoms with Gasteiger partial charge in [0.05, 0.1) is 5.41 Å². The summed E-state index contributed by atoms with van der Waals surface area (Å²) >= 11 is 5.81. The van der Waals surface area contributed by atoms with E-state index in [4.69, 9.17) is 11.6 Å². The molecule has 1 saturated heterocycles. The predicted molar refractivity (Wildman–Crippen MR) is 117 cm³/mol. The van der Waals surface area contributed by atoms with Crippen LogP contribution < -0.4 is 4.72 Å². The summed E-state index contributed by atoms with van der Waals surface area (Å²) in [5.74, 6) is 0.556. The molecule has 1 N–H and O–H groups in total. The van der Waals surface area contributed by atoms with Crippen LogP contribution in [0.15, 0.2) is 60.0 Å². The van der Waals surface area contributed by atoms with E-state index in [9.17, 15) is 13.2 Å². The molecule has 1 fully saturated rings. The summed E-state index contributed by atoms with van der Waals surface area (Å²) in [6.07, 6.45) is 5.33. The third kappa shape index (κ3) is 6.91. The molecule has 0 radical (unpaired) electrons. The van der Waals surface area contributed by atoms with Crippen LogP contribution in [0, 0.1) is 5.92 Å². The monoisotopic (exact) mass is 432 g/mol. The van der Waals surface area contributed by atoms with Gasteiger partial charge in [0, 0.05) is 18.1 Å². The number of carbonyl (C=O) groups excluding carboxylic acids is 1. The number of sulfonamides is 1. The van der Waals surface area contributed by atoms with Gasteiger partial charge in [0.15, 0.2) is 0 Å². The largest absolute Gasteiger partial charge is 0.331 e. The summed E-state index contributed by atoms with van der Waals surface area (Å²) in [6.45, 7) is 1.14. The van der Waals surface area contributed by atoms with Crippen molar-refractivity contribution in [2.45, 2.75) is 25.7 Å². The number of likely N-dealkylation sites (tertiary alicyclic amines) is 1. The first-order valence-electron chi connectivity index (χ1n) is 9.70. The highest BCUT2D eigenvalue weighted by Gasteiger charge is 2.24. The number of hydrogen-bond acceptors (Lipinski definition) is 3. The maximum Gasteiger partial charge on any atom is 0.331 e. The van der Waals surface area contributed by atoms with Crippen LogP contribution in [0.3, 0.4) is 0 Å². The van der Waals surface area contributed by atoms with E-state index in [0.717, 1.165) is 31.1 Å². The molecule has 1 aliphatic heterocycles. The number of carbonyl (C=O) groups is 1. The zero-order valence-corrected chi connectivity index (χ0v) is 17.7. The van der Waals surface area contributed by atoms with Gasteiger partial charge in [-0.25, -0.2) is 17.9 Å². The van der Waals surface area contributed by atoms with Gasteiger partial charge in [0.2, 0.25) is 0 Å². The van der Waals surface area contributed by atoms with Gasteiger partial charge in [0.1, 0.15) is 0 Å². The molecular weight excluding hydrogens is 408 g/mol. The van der Waals surface area contributed by atoms with Gasteiger partial charge >= 0.3 is 6.03 Å². The van der Waals surface area contributed by atoms with E-state index in [1.54, 1.807) is 29.2 Å². The number of urea groups is 1. The van der Waals surface area contributed by atoms with E-state index in [1.165, 1.54) is 11.6 Å². The van der Waals surface area contributed by atoms with E-state index in [-0.39, 0.29) is 0 Å². The van der Waals surface area contributed by atoms with Crippen LogP contribution in [0.25, 0.3) is 6.08 Å². The quantitative estimate of drug-likeness (QED) is 0.719. The Morgan fingerprint density at radius 1 is 1.07 bits per heavy atom. The molecule has 0 spiro atoms. The smallest absolute Gasteiger partial charge is 0.324 e. The number of benzene rings is 2. The lowest BCUT2D eigenvalue weighted by molar-refractivity contribution is 0.173. The molecule has 7 heteroatoms. The van der Waals surface area contributed by atoms with Gasteiger partial charge in [-0.1, -0.05) is 54.1 Å². The Morgan fingerprint density at radius 2 is 1.72 bits per heavy atom. The number of nitrogens with one attached hydrogen (secondary N) is 1. The van der Waals surface area contributed by atoms with Crippen LogP contribution in [-0.4, -0.2) is 32.4 Å². The lowest BCUT2D eigenvalue weighted by atomic mass is 9.91. The van der Waals surface area contributed by atoms with Crippen molar-refractivity contribution in [3.63, 3.8) is 0 Å². The number of aryl methyl sites for hydroxylation is 1. The van der Waals surface area contributed by atoms with Gasteiger partial charge in [-0.3, -0.25) is 0 Å². The highest BCUT2D eigenvalue weighted by Crippen LogP contribution is 2.22. The summed E-state index contributed by atoms with van der Waals surface area (Å²) < 4.78 is 26.5. The van der Waals surface area contributed by atoms with Crippen LogP contribution in [0.1, 0.15) is 30.4 Å². The maximum atomic E-state index is 12.3. The second-order valence-electron chi connectivity index (χ2n) is 7.26. The van der Waals surface area contributed by atoms with Crippen LogP contribution >= 0.6 is 11.6 Å². The minimum absolute atomic E-state index is 0.556. The lowest BCUT2D eigenvalue weighted by Crippen LogP contribution is -2.46. The topological polar surface area (TPSA) is 66.5 Å². The number of rotatable bonds is 6. The molecule has 3 rings (SSSR count). The highest BCUT2D eigenvalue weighted by molar-refractivity contribution is 7.93. The van der Waals surface area contributed by atoms with Crippen molar-refractivity contribution in [2.75, 3.05) is 13.1 Å². The van der Waals surface area contributed by atoms with E-state index >= 15 is 0 Å². The Bertz CT molecular complexity index is 936. The minimum atomic E-state index is -3.85. The maximum absolute atomic E-state index is 12.3. The van der Waals surface area contributed by atoms with Crippen molar-refractivity contribution in [3.8, 4) is 0 Å². The first-order chi connectivity index (χ1) is 13.9. The molecule has 2 amide bonds. The Morgan fingerprint density at radius 3 is 2.38 bits per heavy atom. The predicted octanol–water partition coefficient (Wildman–Crippen LogP) is 4.69. The normalized spacial score (nSPS) is 15.6. The highest BCUT2D eigenvalue weighted by atomic mass is 35.5. The Balaban J connectivity index is 1.45. The van der Waals surface area contributed by atoms with E-state index in [1.807, 2.05) is 18.2 Å². The first kappa shape index (κ1) is 21.4. The minimum Gasteiger partial charge on any atom is -0.324 e. The Hall–Kier alpha value is -2.31. The van der Waals surface area contributed by atoms with Gasteiger partial charge in [-0.05, 0) is 60.9 Å². The van der Waals surface area contributed by atoms with Crippen LogP contribution in [-0.2, 0) is 16.4 Å². The molecule has 0 saturated carbocycles. The number of hydrogen-bond donors (Lipinski definition) is 1. The zero-order chi connectivity index (χ0) is 20.7. The second-order valence-corrected chi connectivity index (χ2v) is 9.26. The van der Waals surface area contributed by atoms with E-state index < -0.39 is 16.1 Å². The van der Waals surface area contributed by atoms with Crippen LogP contribution in [0.5, 0.6) is 0 Å². The van der Waals surface area contributed by atoms with Gasteiger partial charge in [0.25, 0.3) is 10.0 Å². The fourth-order valence-corrected chi connectivity index (χ4v) is 4.31. The first-order valence-corrected chi connectivity index (χ1v) is 11.6. The van der Waals surface area contributed by atoms with E-state index in [0.29, 0.717) is 29.6 Å². The average Bonchev–Trinajstić information content (AvgIpc) is 2.73. The molecule has 1 heterocycles. The number of nitrogens with zero attached hydrogens (tertiary/aromatic N) is 1. The molecule has 5 nitrogen and oxygen atoms in total. The Labute approximate surface area is 177 Å². The van der Waals surface area contributed by atoms with Crippen LogP contribution in [0.4, 0.5) is 4.79 Å². The van der Waals surface area contributed by atoms with Crippen molar-refractivity contribution in [1.29, 1.82) is 0 Å². The summed E-state index contributed by atoms with van der Waals surface area (Å²) in [5, 5.41) is 1.58. The fraction of sp³-hybridized carbons (Fsp3) is 0.318. The SMILES string of the molecule is O=C(NS(=O)(=O)/C=C/c1ccc(Cl)cc1)N1CCC(CCc2ccccc2)CC1. The van der Waals surface area contributed by atoms with Crippen molar-refractivity contribution in [1.82, 2.24) is 9.62 Å². The molecule has 2 aromatic rings. The number of amides is 2.